The van der Waals surface area contributed by atoms with E-state index in [2.05, 4.69) is 0 Å². The second-order valence-electron chi connectivity index (χ2n) is 9.52. The molecule has 37 heavy (non-hydrogen) atoms. The lowest BCUT2D eigenvalue weighted by molar-refractivity contribution is -0.143. The molecule has 2 saturated heterocycles. The molecule has 0 spiro atoms. The highest BCUT2D eigenvalue weighted by atomic mass is 19.4. The first-order chi connectivity index (χ1) is 17.1. The van der Waals surface area contributed by atoms with E-state index in [9.17, 15) is 40.6 Å². The molecule has 4 nitrogen and oxygen atoms in total. The van der Waals surface area contributed by atoms with Crippen molar-refractivity contribution in [3.8, 4) is 0 Å². The standard InChI is InChI=1S/C19H21F6NO3.C7H7F/c1-10(27)12-4-15-7-16(8-26(15)17(28)5-12)29-9-11-2-13(18(20,21)22)6-14(3-11)19(23,24)25;1-6-2-4-7(8)5-3-6/h2-3,6,10,12,15-16,27H,4-5,7-9H2,1H3;2-5H,1H3. The number of ether oxygens (including phenoxy) is 1. The Hall–Kier alpha value is -2.66. The third-order valence-corrected chi connectivity index (χ3v) is 6.53. The third-order valence-electron chi connectivity index (χ3n) is 6.53. The Morgan fingerprint density at radius 1 is 1.00 bits per heavy atom. The summed E-state index contributed by atoms with van der Waals surface area (Å²) in [6, 6.07) is 7.62. The SMILES string of the molecule is CC(O)C1CC(=O)N2CC(OCc3cc(C(F)(F)F)cc(C(F)(F)F)c3)CC2C1.Cc1ccc(F)cc1. The Morgan fingerprint density at radius 2 is 1.57 bits per heavy atom. The molecular weight excluding hydrogens is 507 g/mol. The number of fused-ring (bicyclic) bond motifs is 1. The number of hydrogen-bond acceptors (Lipinski definition) is 3. The Kier molecular flexibility index (Phi) is 8.89. The van der Waals surface area contributed by atoms with Crippen LogP contribution in [0.3, 0.4) is 0 Å². The van der Waals surface area contributed by atoms with Gasteiger partial charge in [-0.2, -0.15) is 26.3 Å². The molecule has 4 rings (SSSR count). The molecule has 2 heterocycles. The lowest BCUT2D eigenvalue weighted by Gasteiger charge is -2.35. The Morgan fingerprint density at radius 3 is 2.05 bits per heavy atom. The first-order valence-corrected chi connectivity index (χ1v) is 11.7. The van der Waals surface area contributed by atoms with Gasteiger partial charge in [-0.15, -0.1) is 0 Å². The Bertz CT molecular complexity index is 1010. The van der Waals surface area contributed by atoms with Gasteiger partial charge in [0.15, 0.2) is 0 Å². The number of aliphatic hydroxyl groups is 1. The second-order valence-corrected chi connectivity index (χ2v) is 9.52. The van der Waals surface area contributed by atoms with Gasteiger partial charge in [0, 0.05) is 19.0 Å². The maximum atomic E-state index is 13.0. The molecule has 1 N–H and O–H groups in total. The Labute approximate surface area is 210 Å². The van der Waals surface area contributed by atoms with Gasteiger partial charge in [0.05, 0.1) is 29.9 Å². The van der Waals surface area contributed by atoms with Crippen LogP contribution in [-0.4, -0.2) is 40.7 Å². The molecule has 2 aromatic rings. The average molecular weight is 536 g/mol. The number of carbonyl (C=O) groups is 1. The van der Waals surface area contributed by atoms with Gasteiger partial charge in [-0.1, -0.05) is 17.7 Å². The van der Waals surface area contributed by atoms with Crippen LogP contribution < -0.4 is 0 Å². The fraction of sp³-hybridized carbons (Fsp3) is 0.500. The molecule has 4 unspecified atom stereocenters. The van der Waals surface area contributed by atoms with E-state index in [-0.39, 0.29) is 48.3 Å². The minimum absolute atomic E-state index is 0.0776. The molecule has 11 heteroatoms. The van der Waals surface area contributed by atoms with Gasteiger partial charge >= 0.3 is 12.4 Å². The summed E-state index contributed by atoms with van der Waals surface area (Å²) in [5.41, 5.74) is -1.91. The molecule has 0 bridgehead atoms. The smallest absolute Gasteiger partial charge is 0.393 e. The minimum Gasteiger partial charge on any atom is -0.393 e. The quantitative estimate of drug-likeness (QED) is 0.479. The molecule has 204 valence electrons. The molecule has 0 aliphatic carbocycles. The predicted molar refractivity (Wildman–Crippen MR) is 121 cm³/mol. The zero-order valence-electron chi connectivity index (χ0n) is 20.2. The number of benzene rings is 2. The van der Waals surface area contributed by atoms with Crippen molar-refractivity contribution in [2.75, 3.05) is 6.54 Å². The predicted octanol–water partition coefficient (Wildman–Crippen LogP) is 6.14. The number of aliphatic hydroxyl groups excluding tert-OH is 1. The highest BCUT2D eigenvalue weighted by molar-refractivity contribution is 5.78. The van der Waals surface area contributed by atoms with Crippen LogP contribution in [0.4, 0.5) is 30.7 Å². The molecule has 2 aromatic carbocycles. The number of alkyl halides is 6. The van der Waals surface area contributed by atoms with E-state index >= 15 is 0 Å². The number of nitrogens with zero attached hydrogens (tertiary/aromatic N) is 1. The normalized spacial score (nSPS) is 22.8. The van der Waals surface area contributed by atoms with Crippen molar-refractivity contribution in [2.24, 2.45) is 5.92 Å². The lowest BCUT2D eigenvalue weighted by atomic mass is 9.87. The van der Waals surface area contributed by atoms with Gasteiger partial charge in [-0.3, -0.25) is 4.79 Å². The fourth-order valence-corrected chi connectivity index (χ4v) is 4.52. The lowest BCUT2D eigenvalue weighted by Crippen LogP contribution is -2.44. The Balaban J connectivity index is 0.000000405. The van der Waals surface area contributed by atoms with Gasteiger partial charge < -0.3 is 14.7 Å². The summed E-state index contributed by atoms with van der Waals surface area (Å²) in [6.45, 7) is 3.36. The highest BCUT2D eigenvalue weighted by Crippen LogP contribution is 2.37. The summed E-state index contributed by atoms with van der Waals surface area (Å²) in [4.78, 5) is 13.9. The van der Waals surface area contributed by atoms with Crippen LogP contribution >= 0.6 is 0 Å². The van der Waals surface area contributed by atoms with Crippen LogP contribution in [-0.2, 0) is 28.5 Å². The molecule has 2 fully saturated rings. The van der Waals surface area contributed by atoms with Gasteiger partial charge in [0.25, 0.3) is 0 Å². The van der Waals surface area contributed by atoms with Gasteiger partial charge in [0.2, 0.25) is 5.91 Å². The summed E-state index contributed by atoms with van der Waals surface area (Å²) >= 11 is 0. The zero-order chi connectivity index (χ0) is 27.5. The highest BCUT2D eigenvalue weighted by Gasteiger charge is 2.42. The van der Waals surface area contributed by atoms with Crippen molar-refractivity contribution >= 4 is 5.91 Å². The van der Waals surface area contributed by atoms with Crippen LogP contribution in [0.5, 0.6) is 0 Å². The summed E-state index contributed by atoms with van der Waals surface area (Å²) < 4.78 is 95.4. The molecule has 4 atom stereocenters. The first kappa shape index (κ1) is 28.9. The van der Waals surface area contributed by atoms with Gasteiger partial charge in [-0.05, 0) is 68.5 Å². The van der Waals surface area contributed by atoms with Crippen LogP contribution in [0.2, 0.25) is 0 Å². The van der Waals surface area contributed by atoms with Crippen LogP contribution in [0.25, 0.3) is 0 Å². The van der Waals surface area contributed by atoms with Crippen molar-refractivity contribution in [2.45, 2.75) is 70.3 Å². The molecule has 0 saturated carbocycles. The summed E-state index contributed by atoms with van der Waals surface area (Å²) in [5.74, 6) is -0.465. The molecule has 0 aromatic heterocycles. The van der Waals surface area contributed by atoms with E-state index < -0.39 is 42.3 Å². The van der Waals surface area contributed by atoms with E-state index in [4.69, 9.17) is 4.74 Å². The monoisotopic (exact) mass is 535 g/mol. The van der Waals surface area contributed by atoms with Crippen LogP contribution in [0.15, 0.2) is 42.5 Å². The molecule has 1 amide bonds. The number of halogens is 7. The van der Waals surface area contributed by atoms with Crippen molar-refractivity contribution in [1.29, 1.82) is 0 Å². The van der Waals surface area contributed by atoms with E-state index in [0.717, 1.165) is 5.56 Å². The molecular formula is C26H28F7NO3. The van der Waals surface area contributed by atoms with Gasteiger partial charge in [-0.25, -0.2) is 4.39 Å². The number of aryl methyl sites for hydroxylation is 1. The number of amides is 1. The number of rotatable bonds is 4. The average Bonchev–Trinajstić information content (AvgIpc) is 3.22. The number of hydrogen-bond donors (Lipinski definition) is 1. The van der Waals surface area contributed by atoms with E-state index in [1.54, 1.807) is 24.0 Å². The molecule has 0 radical (unpaired) electrons. The number of carbonyl (C=O) groups excluding carboxylic acids is 1. The summed E-state index contributed by atoms with van der Waals surface area (Å²) in [6.07, 6.45) is -9.71. The van der Waals surface area contributed by atoms with Crippen molar-refractivity contribution < 1.29 is 45.4 Å². The fourth-order valence-electron chi connectivity index (χ4n) is 4.52. The van der Waals surface area contributed by atoms with Gasteiger partial charge in [0.1, 0.15) is 5.82 Å². The van der Waals surface area contributed by atoms with Crippen LogP contribution in [0.1, 0.15) is 48.4 Å². The van der Waals surface area contributed by atoms with E-state index in [1.807, 2.05) is 6.92 Å². The van der Waals surface area contributed by atoms with Crippen molar-refractivity contribution in [1.82, 2.24) is 4.90 Å². The largest absolute Gasteiger partial charge is 0.416 e. The van der Waals surface area contributed by atoms with E-state index in [0.29, 0.717) is 25.0 Å². The van der Waals surface area contributed by atoms with Crippen molar-refractivity contribution in [3.63, 3.8) is 0 Å². The van der Waals surface area contributed by atoms with E-state index in [1.165, 1.54) is 12.1 Å². The maximum Gasteiger partial charge on any atom is 0.416 e. The zero-order valence-corrected chi connectivity index (χ0v) is 20.2. The summed E-state index contributed by atoms with van der Waals surface area (Å²) in [5, 5.41) is 9.73. The molecule has 2 aliphatic rings. The minimum atomic E-state index is -4.91. The maximum absolute atomic E-state index is 13.0. The molecule has 2 aliphatic heterocycles. The summed E-state index contributed by atoms with van der Waals surface area (Å²) in [7, 11) is 0. The van der Waals surface area contributed by atoms with Crippen LogP contribution in [0, 0.1) is 18.7 Å². The number of piperidine rings is 1. The third kappa shape index (κ3) is 7.91. The van der Waals surface area contributed by atoms with Crippen molar-refractivity contribution in [3.05, 3.63) is 70.5 Å². The second kappa shape index (κ2) is 11.4. The first-order valence-electron chi connectivity index (χ1n) is 11.7. The topological polar surface area (TPSA) is 49.8 Å².